The van der Waals surface area contributed by atoms with Gasteiger partial charge in [0.05, 0.1) is 5.56 Å². The molecule has 0 saturated carbocycles. The molecule has 0 amide bonds. The van der Waals surface area contributed by atoms with Gasteiger partial charge >= 0.3 is 5.97 Å². The summed E-state index contributed by atoms with van der Waals surface area (Å²) < 4.78 is 0. The lowest BCUT2D eigenvalue weighted by molar-refractivity contribution is 0.0697. The van der Waals surface area contributed by atoms with Crippen molar-refractivity contribution in [2.24, 2.45) is 0 Å². The van der Waals surface area contributed by atoms with E-state index in [0.717, 1.165) is 13.1 Å². The monoisotopic (exact) mass is 247 g/mol. The highest BCUT2D eigenvalue weighted by Crippen LogP contribution is 2.28. The lowest BCUT2D eigenvalue weighted by Gasteiger charge is -2.34. The largest absolute Gasteiger partial charge is 0.478 e. The van der Waals surface area contributed by atoms with Crippen molar-refractivity contribution in [2.45, 2.75) is 38.6 Å². The van der Waals surface area contributed by atoms with Gasteiger partial charge in [0.2, 0.25) is 0 Å². The van der Waals surface area contributed by atoms with Gasteiger partial charge in [-0.15, -0.1) is 0 Å². The van der Waals surface area contributed by atoms with E-state index < -0.39 is 5.97 Å². The minimum Gasteiger partial charge on any atom is -0.478 e. The standard InChI is InChI=1S/C15H21NO2/c1-11(2)16-9-7-13(8-10-16)12-3-5-14(6-4-12)15(17)18/h3-6,11,13H,7-10H2,1-2H3,(H,17,18). The van der Waals surface area contributed by atoms with Crippen molar-refractivity contribution in [1.29, 1.82) is 0 Å². The Morgan fingerprint density at radius 2 is 1.78 bits per heavy atom. The molecule has 1 heterocycles. The van der Waals surface area contributed by atoms with Crippen LogP contribution in [0.25, 0.3) is 0 Å². The maximum absolute atomic E-state index is 10.8. The zero-order valence-corrected chi connectivity index (χ0v) is 11.1. The van der Waals surface area contributed by atoms with Crippen LogP contribution in [0.5, 0.6) is 0 Å². The third-order valence-corrected chi connectivity index (χ3v) is 3.89. The normalized spacial score (nSPS) is 18.2. The second-order valence-electron chi connectivity index (χ2n) is 5.33. The Kier molecular flexibility index (Phi) is 4.02. The third kappa shape index (κ3) is 2.91. The fraction of sp³-hybridized carbons (Fsp3) is 0.533. The van der Waals surface area contributed by atoms with Crippen LogP contribution in [0.2, 0.25) is 0 Å². The summed E-state index contributed by atoms with van der Waals surface area (Å²) >= 11 is 0. The lowest BCUT2D eigenvalue weighted by Crippen LogP contribution is -2.37. The Hall–Kier alpha value is -1.35. The molecule has 1 N–H and O–H groups in total. The molecular weight excluding hydrogens is 226 g/mol. The smallest absolute Gasteiger partial charge is 0.335 e. The molecule has 0 spiro atoms. The molecule has 0 aromatic heterocycles. The number of aromatic carboxylic acids is 1. The van der Waals surface area contributed by atoms with Gasteiger partial charge in [0.1, 0.15) is 0 Å². The molecule has 3 nitrogen and oxygen atoms in total. The Bertz CT molecular complexity index is 403. The Morgan fingerprint density at radius 1 is 1.22 bits per heavy atom. The molecule has 0 atom stereocenters. The molecule has 0 aliphatic carbocycles. The summed E-state index contributed by atoms with van der Waals surface area (Å²) in [6, 6.07) is 8.00. The van der Waals surface area contributed by atoms with Crippen molar-refractivity contribution in [3.63, 3.8) is 0 Å². The van der Waals surface area contributed by atoms with Crippen LogP contribution in [0.4, 0.5) is 0 Å². The van der Waals surface area contributed by atoms with E-state index in [4.69, 9.17) is 5.11 Å². The summed E-state index contributed by atoms with van der Waals surface area (Å²) in [7, 11) is 0. The van der Waals surface area contributed by atoms with E-state index in [0.29, 0.717) is 17.5 Å². The molecule has 1 fully saturated rings. The highest BCUT2D eigenvalue weighted by molar-refractivity contribution is 5.87. The predicted molar refractivity (Wildman–Crippen MR) is 72.1 cm³/mol. The van der Waals surface area contributed by atoms with E-state index in [-0.39, 0.29) is 0 Å². The quantitative estimate of drug-likeness (QED) is 0.892. The number of carbonyl (C=O) groups is 1. The van der Waals surface area contributed by atoms with Gasteiger partial charge in [-0.2, -0.15) is 0 Å². The SMILES string of the molecule is CC(C)N1CCC(c2ccc(C(=O)O)cc2)CC1. The number of carboxylic acid groups (broad SMARTS) is 1. The second-order valence-corrected chi connectivity index (χ2v) is 5.33. The number of hydrogen-bond donors (Lipinski definition) is 1. The van der Waals surface area contributed by atoms with Crippen LogP contribution in [-0.4, -0.2) is 35.1 Å². The van der Waals surface area contributed by atoms with Crippen molar-refractivity contribution in [3.05, 3.63) is 35.4 Å². The molecule has 1 saturated heterocycles. The molecule has 1 aromatic rings. The second kappa shape index (κ2) is 5.53. The van der Waals surface area contributed by atoms with E-state index >= 15 is 0 Å². The van der Waals surface area contributed by atoms with Gasteiger partial charge in [-0.05, 0) is 63.4 Å². The summed E-state index contributed by atoms with van der Waals surface area (Å²) in [5.74, 6) is -0.265. The first-order valence-corrected chi connectivity index (χ1v) is 6.65. The van der Waals surface area contributed by atoms with E-state index in [2.05, 4.69) is 18.7 Å². The van der Waals surface area contributed by atoms with Crippen LogP contribution in [-0.2, 0) is 0 Å². The van der Waals surface area contributed by atoms with Gasteiger partial charge in [0.15, 0.2) is 0 Å². The number of likely N-dealkylation sites (tertiary alicyclic amines) is 1. The lowest BCUT2D eigenvalue weighted by atomic mass is 9.88. The molecule has 3 heteroatoms. The Labute approximate surface area is 108 Å². The fourth-order valence-corrected chi connectivity index (χ4v) is 2.65. The molecule has 0 unspecified atom stereocenters. The first-order chi connectivity index (χ1) is 8.58. The topological polar surface area (TPSA) is 40.5 Å². The van der Waals surface area contributed by atoms with E-state index in [1.807, 2.05) is 12.1 Å². The third-order valence-electron chi connectivity index (χ3n) is 3.89. The van der Waals surface area contributed by atoms with Gasteiger partial charge in [-0.1, -0.05) is 12.1 Å². The van der Waals surface area contributed by atoms with Crippen molar-refractivity contribution in [2.75, 3.05) is 13.1 Å². The molecular formula is C15H21NO2. The van der Waals surface area contributed by atoms with Crippen LogP contribution >= 0.6 is 0 Å². The molecule has 1 aromatic carbocycles. The number of nitrogens with zero attached hydrogens (tertiary/aromatic N) is 1. The van der Waals surface area contributed by atoms with Crippen molar-refractivity contribution in [1.82, 2.24) is 4.90 Å². The summed E-state index contributed by atoms with van der Waals surface area (Å²) in [6.45, 7) is 6.76. The van der Waals surface area contributed by atoms with Gasteiger partial charge in [-0.25, -0.2) is 4.79 Å². The maximum atomic E-state index is 10.8. The van der Waals surface area contributed by atoms with Gasteiger partial charge < -0.3 is 10.0 Å². The first-order valence-electron chi connectivity index (χ1n) is 6.65. The van der Waals surface area contributed by atoms with Gasteiger partial charge in [0, 0.05) is 6.04 Å². The molecule has 1 aliphatic rings. The predicted octanol–water partition coefficient (Wildman–Crippen LogP) is 2.97. The van der Waals surface area contributed by atoms with Gasteiger partial charge in [0.25, 0.3) is 0 Å². The van der Waals surface area contributed by atoms with Crippen molar-refractivity contribution >= 4 is 5.97 Å². The molecule has 18 heavy (non-hydrogen) atoms. The minimum atomic E-state index is -0.851. The van der Waals surface area contributed by atoms with Gasteiger partial charge in [-0.3, -0.25) is 0 Å². The summed E-state index contributed by atoms with van der Waals surface area (Å²) in [5.41, 5.74) is 1.65. The van der Waals surface area contributed by atoms with E-state index in [9.17, 15) is 4.79 Å². The number of piperidine rings is 1. The number of rotatable bonds is 3. The number of carboxylic acids is 1. The highest BCUT2D eigenvalue weighted by atomic mass is 16.4. The molecule has 1 aliphatic heterocycles. The molecule has 0 bridgehead atoms. The first kappa shape index (κ1) is 13.1. The molecule has 2 rings (SSSR count). The average molecular weight is 247 g/mol. The maximum Gasteiger partial charge on any atom is 0.335 e. The van der Waals surface area contributed by atoms with E-state index in [1.165, 1.54) is 18.4 Å². The van der Waals surface area contributed by atoms with E-state index in [1.54, 1.807) is 12.1 Å². The van der Waals surface area contributed by atoms with Crippen LogP contribution < -0.4 is 0 Å². The molecule has 0 radical (unpaired) electrons. The van der Waals surface area contributed by atoms with Crippen LogP contribution in [0.15, 0.2) is 24.3 Å². The number of hydrogen-bond acceptors (Lipinski definition) is 2. The molecule has 98 valence electrons. The Morgan fingerprint density at radius 3 is 2.22 bits per heavy atom. The number of benzene rings is 1. The van der Waals surface area contributed by atoms with Crippen molar-refractivity contribution < 1.29 is 9.90 Å². The van der Waals surface area contributed by atoms with Crippen LogP contribution in [0.1, 0.15) is 48.5 Å². The zero-order chi connectivity index (χ0) is 13.1. The minimum absolute atomic E-state index is 0.373. The zero-order valence-electron chi connectivity index (χ0n) is 11.1. The average Bonchev–Trinajstić information content (AvgIpc) is 2.39. The summed E-state index contributed by atoms with van der Waals surface area (Å²) in [4.78, 5) is 13.3. The van der Waals surface area contributed by atoms with Crippen LogP contribution in [0.3, 0.4) is 0 Å². The Balaban J connectivity index is 1.99. The summed E-state index contributed by atoms with van der Waals surface area (Å²) in [6.07, 6.45) is 2.34. The highest BCUT2D eigenvalue weighted by Gasteiger charge is 2.21. The fourth-order valence-electron chi connectivity index (χ4n) is 2.65. The van der Waals surface area contributed by atoms with Crippen molar-refractivity contribution in [3.8, 4) is 0 Å². The van der Waals surface area contributed by atoms with Crippen LogP contribution in [0, 0.1) is 0 Å². The summed E-state index contributed by atoms with van der Waals surface area (Å²) in [5, 5.41) is 8.88.